The molecule has 2 rings (SSSR count). The van der Waals surface area contributed by atoms with E-state index in [1.165, 1.54) is 10.6 Å². The number of nitrogens with one attached hydrogen (secondary N) is 2. The summed E-state index contributed by atoms with van der Waals surface area (Å²) in [4.78, 5) is 16.1. The molecule has 0 unspecified atom stereocenters. The van der Waals surface area contributed by atoms with Crippen molar-refractivity contribution in [2.24, 2.45) is 16.9 Å². The van der Waals surface area contributed by atoms with Gasteiger partial charge in [-0.05, 0) is 36.8 Å². The Morgan fingerprint density at radius 3 is 2.22 bits per heavy atom. The van der Waals surface area contributed by atoms with Crippen molar-refractivity contribution in [2.45, 2.75) is 47.0 Å². The molecule has 1 saturated heterocycles. The molecule has 2 N–H and O–H groups in total. The zero-order chi connectivity index (χ0) is 19.6. The minimum atomic E-state index is 0.0398. The summed E-state index contributed by atoms with van der Waals surface area (Å²) in [5, 5.41) is 4.42. The Hall–Kier alpha value is -1.88. The fraction of sp³-hybridized carbons (Fsp3) is 0.636. The topological polar surface area (TPSA) is 49.1 Å². The average molecular weight is 374 g/mol. The second-order valence-corrected chi connectivity index (χ2v) is 8.48. The Balaban J connectivity index is 1.71. The van der Waals surface area contributed by atoms with Gasteiger partial charge in [0.2, 0.25) is 5.91 Å². The second kappa shape index (κ2) is 11.1. The van der Waals surface area contributed by atoms with Gasteiger partial charge in [-0.3, -0.25) is 4.79 Å². The molecule has 5 heteroatoms. The van der Waals surface area contributed by atoms with Gasteiger partial charge in [0.15, 0.2) is 0 Å². The van der Waals surface area contributed by atoms with Gasteiger partial charge < -0.3 is 9.80 Å². The number of piperazine rings is 1. The van der Waals surface area contributed by atoms with Gasteiger partial charge in [0, 0.05) is 11.4 Å². The lowest BCUT2D eigenvalue weighted by atomic mass is 9.99. The number of nitrogens with zero attached hydrogens (tertiary/aromatic N) is 2. The van der Waals surface area contributed by atoms with Crippen molar-refractivity contribution >= 4 is 17.3 Å². The number of benzene rings is 1. The number of hydrazone groups is 1. The van der Waals surface area contributed by atoms with E-state index in [9.17, 15) is 4.79 Å². The van der Waals surface area contributed by atoms with E-state index in [4.69, 9.17) is 0 Å². The first-order valence-corrected chi connectivity index (χ1v) is 10.4. The molecule has 0 saturated carbocycles. The molecule has 27 heavy (non-hydrogen) atoms. The summed E-state index contributed by atoms with van der Waals surface area (Å²) >= 11 is 0. The largest absolute Gasteiger partial charge is 0.360 e. The fourth-order valence-electron chi connectivity index (χ4n) is 3.57. The number of anilines is 1. The Kier molecular flexibility index (Phi) is 8.79. The smallest absolute Gasteiger partial charge is 0.245 e. The van der Waals surface area contributed by atoms with E-state index in [1.54, 1.807) is 0 Å². The van der Waals surface area contributed by atoms with Crippen LogP contribution < -0.4 is 15.2 Å². The maximum Gasteiger partial charge on any atom is 0.245 e. The van der Waals surface area contributed by atoms with Crippen LogP contribution in [0.1, 0.15) is 47.0 Å². The third-order valence-corrected chi connectivity index (χ3v) is 4.92. The Labute approximate surface area is 164 Å². The summed E-state index contributed by atoms with van der Waals surface area (Å²) in [5.74, 6) is 1.16. The molecule has 0 aliphatic carbocycles. The van der Waals surface area contributed by atoms with Crippen molar-refractivity contribution in [3.05, 3.63) is 30.3 Å². The van der Waals surface area contributed by atoms with Gasteiger partial charge in [0.05, 0.1) is 39.1 Å². The third kappa shape index (κ3) is 8.12. The predicted octanol–water partition coefficient (Wildman–Crippen LogP) is 2.35. The standard InChI is InChI=1S/C22H36N4O/c1-18(2)16-20(17-19(3)4)23-24-22(27)10-11-25-12-14-26(15-13-25)21-8-6-5-7-9-21/h5-9,18-19H,10-17H2,1-4H3,(H,24,27)/p+1. The van der Waals surface area contributed by atoms with Crippen LogP contribution in [0.25, 0.3) is 0 Å². The molecule has 0 atom stereocenters. The van der Waals surface area contributed by atoms with E-state index in [2.05, 4.69) is 73.5 Å². The molecule has 0 spiro atoms. The summed E-state index contributed by atoms with van der Waals surface area (Å²) in [6, 6.07) is 10.6. The lowest BCUT2D eigenvalue weighted by molar-refractivity contribution is -0.900. The Morgan fingerprint density at radius 2 is 1.67 bits per heavy atom. The van der Waals surface area contributed by atoms with Crippen molar-refractivity contribution in [3.8, 4) is 0 Å². The monoisotopic (exact) mass is 373 g/mol. The molecule has 1 heterocycles. The number of para-hydroxylation sites is 1. The molecule has 1 fully saturated rings. The maximum atomic E-state index is 12.2. The van der Waals surface area contributed by atoms with Crippen molar-refractivity contribution in [1.29, 1.82) is 0 Å². The van der Waals surface area contributed by atoms with Gasteiger partial charge in [-0.25, -0.2) is 5.43 Å². The van der Waals surface area contributed by atoms with E-state index < -0.39 is 0 Å². The quantitative estimate of drug-likeness (QED) is 0.516. The first-order chi connectivity index (χ1) is 12.9. The molecule has 0 bridgehead atoms. The maximum absolute atomic E-state index is 12.2. The number of quaternary nitrogens is 1. The minimum absolute atomic E-state index is 0.0398. The van der Waals surface area contributed by atoms with Gasteiger partial charge >= 0.3 is 0 Å². The normalized spacial score (nSPS) is 15.3. The highest BCUT2D eigenvalue weighted by atomic mass is 16.2. The van der Waals surface area contributed by atoms with Gasteiger partial charge in [-0.1, -0.05) is 45.9 Å². The van der Waals surface area contributed by atoms with E-state index >= 15 is 0 Å². The highest BCUT2D eigenvalue weighted by Crippen LogP contribution is 2.12. The molecular weight excluding hydrogens is 336 g/mol. The summed E-state index contributed by atoms with van der Waals surface area (Å²) in [6.45, 7) is 13.9. The molecule has 5 nitrogen and oxygen atoms in total. The molecule has 1 aliphatic heterocycles. The zero-order valence-electron chi connectivity index (χ0n) is 17.5. The van der Waals surface area contributed by atoms with Crippen LogP contribution in [-0.4, -0.2) is 44.3 Å². The van der Waals surface area contributed by atoms with Gasteiger partial charge in [-0.15, -0.1) is 0 Å². The van der Waals surface area contributed by atoms with Crippen LogP contribution in [0.2, 0.25) is 0 Å². The molecule has 1 aromatic carbocycles. The van der Waals surface area contributed by atoms with Crippen LogP contribution in [0.15, 0.2) is 35.4 Å². The van der Waals surface area contributed by atoms with E-state index in [0.717, 1.165) is 51.3 Å². The third-order valence-electron chi connectivity index (χ3n) is 4.92. The van der Waals surface area contributed by atoms with Crippen LogP contribution >= 0.6 is 0 Å². The number of hydrogen-bond acceptors (Lipinski definition) is 3. The van der Waals surface area contributed by atoms with Crippen molar-refractivity contribution in [3.63, 3.8) is 0 Å². The summed E-state index contributed by atoms with van der Waals surface area (Å²) < 4.78 is 0. The lowest BCUT2D eigenvalue weighted by Gasteiger charge is -2.33. The van der Waals surface area contributed by atoms with Crippen LogP contribution in [0.4, 0.5) is 5.69 Å². The number of hydrogen-bond donors (Lipinski definition) is 2. The summed E-state index contributed by atoms with van der Waals surface area (Å²) in [6.07, 6.45) is 2.44. The summed E-state index contributed by atoms with van der Waals surface area (Å²) in [7, 11) is 0. The summed E-state index contributed by atoms with van der Waals surface area (Å²) in [5.41, 5.74) is 5.20. The molecule has 1 aromatic rings. The zero-order valence-corrected chi connectivity index (χ0v) is 17.5. The molecule has 0 aromatic heterocycles. The number of rotatable bonds is 9. The van der Waals surface area contributed by atoms with Crippen LogP contribution in [0.3, 0.4) is 0 Å². The van der Waals surface area contributed by atoms with Crippen molar-refractivity contribution in [2.75, 3.05) is 37.6 Å². The van der Waals surface area contributed by atoms with Gasteiger partial charge in [-0.2, -0.15) is 5.10 Å². The second-order valence-electron chi connectivity index (χ2n) is 8.48. The first kappa shape index (κ1) is 21.4. The Bertz CT molecular complexity index is 578. The van der Waals surface area contributed by atoms with Crippen LogP contribution in [-0.2, 0) is 4.79 Å². The van der Waals surface area contributed by atoms with Crippen LogP contribution in [0, 0.1) is 11.8 Å². The van der Waals surface area contributed by atoms with E-state index in [-0.39, 0.29) is 5.91 Å². The predicted molar refractivity (Wildman–Crippen MR) is 113 cm³/mol. The highest BCUT2D eigenvalue weighted by molar-refractivity contribution is 5.86. The van der Waals surface area contributed by atoms with E-state index in [0.29, 0.717) is 18.3 Å². The van der Waals surface area contributed by atoms with Crippen molar-refractivity contribution in [1.82, 2.24) is 5.43 Å². The SMILES string of the molecule is CC(C)CC(CC(C)C)=NNC(=O)CC[NH+]1CCN(c2ccccc2)CC1. The molecule has 1 amide bonds. The fourth-order valence-corrected chi connectivity index (χ4v) is 3.57. The Morgan fingerprint density at radius 1 is 1.07 bits per heavy atom. The molecule has 150 valence electrons. The van der Waals surface area contributed by atoms with Crippen molar-refractivity contribution < 1.29 is 9.69 Å². The average Bonchev–Trinajstić information content (AvgIpc) is 2.65. The first-order valence-electron chi connectivity index (χ1n) is 10.4. The number of carbonyl (C=O) groups is 1. The number of amides is 1. The van der Waals surface area contributed by atoms with Crippen LogP contribution in [0.5, 0.6) is 0 Å². The van der Waals surface area contributed by atoms with Gasteiger partial charge in [0.25, 0.3) is 0 Å². The molecule has 1 aliphatic rings. The number of carbonyl (C=O) groups excluding carboxylic acids is 1. The minimum Gasteiger partial charge on any atom is -0.360 e. The molecule has 0 radical (unpaired) electrons. The van der Waals surface area contributed by atoms with E-state index in [1.807, 2.05) is 0 Å². The van der Waals surface area contributed by atoms with Gasteiger partial charge in [0.1, 0.15) is 0 Å². The lowest BCUT2D eigenvalue weighted by Crippen LogP contribution is -3.15. The molecular formula is C22H37N4O+. The highest BCUT2D eigenvalue weighted by Gasteiger charge is 2.20.